The van der Waals surface area contributed by atoms with E-state index >= 15 is 0 Å². The van der Waals surface area contributed by atoms with E-state index in [-0.39, 0.29) is 18.8 Å². The van der Waals surface area contributed by atoms with Crippen LogP contribution < -0.4 is 4.74 Å². The summed E-state index contributed by atoms with van der Waals surface area (Å²) in [5.74, 6) is 0.968. The molecule has 0 bridgehead atoms. The van der Waals surface area contributed by atoms with E-state index in [0.29, 0.717) is 6.61 Å². The number of rotatable bonds is 7. The molecule has 0 unspecified atom stereocenters. The van der Waals surface area contributed by atoms with Crippen LogP contribution in [0.25, 0.3) is 0 Å². The van der Waals surface area contributed by atoms with Gasteiger partial charge in [-0.15, -0.1) is 0 Å². The molecular weight excluding hydrogens is 364 g/mol. The average Bonchev–Trinajstić information content (AvgIpc) is 3.27. The van der Waals surface area contributed by atoms with Crippen molar-refractivity contribution in [3.8, 4) is 5.75 Å². The van der Waals surface area contributed by atoms with Crippen molar-refractivity contribution in [2.75, 3.05) is 40.0 Å². The average molecular weight is 397 g/mol. The van der Waals surface area contributed by atoms with Crippen molar-refractivity contribution in [1.29, 1.82) is 0 Å². The van der Waals surface area contributed by atoms with Gasteiger partial charge in [0.05, 0.1) is 26.4 Å². The van der Waals surface area contributed by atoms with Gasteiger partial charge in [-0.2, -0.15) is 0 Å². The number of morpholine rings is 1. The van der Waals surface area contributed by atoms with Crippen molar-refractivity contribution in [2.45, 2.75) is 38.1 Å². The number of likely N-dealkylation sites (tertiary alicyclic amines) is 1. The van der Waals surface area contributed by atoms with Crippen LogP contribution in [0.15, 0.2) is 48.5 Å². The quantitative estimate of drug-likeness (QED) is 0.779. The minimum Gasteiger partial charge on any atom is -0.496 e. The summed E-state index contributed by atoms with van der Waals surface area (Å²) in [5, 5.41) is 9.90. The number of aliphatic hydroxyl groups excluding tert-OH is 1. The Morgan fingerprint density at radius 1 is 1.03 bits per heavy atom. The first-order valence-electron chi connectivity index (χ1n) is 10.7. The van der Waals surface area contributed by atoms with Crippen LogP contribution >= 0.6 is 0 Å². The van der Waals surface area contributed by atoms with E-state index in [1.54, 1.807) is 7.11 Å². The molecule has 0 radical (unpaired) electrons. The molecule has 2 aliphatic rings. The molecule has 2 aromatic rings. The zero-order chi connectivity index (χ0) is 20.1. The maximum Gasteiger partial charge on any atom is 0.123 e. The van der Waals surface area contributed by atoms with Crippen LogP contribution in [0.5, 0.6) is 5.75 Å². The molecule has 5 heteroatoms. The Hall–Kier alpha value is -1.92. The van der Waals surface area contributed by atoms with Gasteiger partial charge in [0.25, 0.3) is 0 Å². The van der Waals surface area contributed by atoms with Crippen molar-refractivity contribution in [3.63, 3.8) is 0 Å². The topological polar surface area (TPSA) is 45.2 Å². The second-order valence-corrected chi connectivity index (χ2v) is 8.05. The van der Waals surface area contributed by atoms with Gasteiger partial charge in [0.1, 0.15) is 11.9 Å². The van der Waals surface area contributed by atoms with Crippen LogP contribution in [0.4, 0.5) is 0 Å². The first-order valence-corrected chi connectivity index (χ1v) is 10.7. The molecule has 2 atom stereocenters. The van der Waals surface area contributed by atoms with Gasteiger partial charge < -0.3 is 14.6 Å². The van der Waals surface area contributed by atoms with Crippen LogP contribution in [-0.2, 0) is 17.8 Å². The van der Waals surface area contributed by atoms with Crippen LogP contribution in [-0.4, -0.2) is 61.0 Å². The molecule has 0 spiro atoms. The molecule has 2 heterocycles. The molecule has 0 amide bonds. The fourth-order valence-corrected chi connectivity index (χ4v) is 4.66. The Bertz CT molecular complexity index is 777. The van der Waals surface area contributed by atoms with Gasteiger partial charge in [-0.05, 0) is 49.2 Å². The van der Waals surface area contributed by atoms with E-state index in [9.17, 15) is 5.11 Å². The lowest BCUT2D eigenvalue weighted by molar-refractivity contribution is -0.0960. The largest absolute Gasteiger partial charge is 0.496 e. The van der Waals surface area contributed by atoms with Crippen LogP contribution in [0.3, 0.4) is 0 Å². The van der Waals surface area contributed by atoms with Crippen molar-refractivity contribution in [1.82, 2.24) is 9.80 Å². The summed E-state index contributed by atoms with van der Waals surface area (Å²) in [4.78, 5) is 4.94. The maximum absolute atomic E-state index is 9.90. The van der Waals surface area contributed by atoms with E-state index in [1.165, 1.54) is 42.6 Å². The minimum absolute atomic E-state index is 0.0267. The lowest BCUT2D eigenvalue weighted by Gasteiger charge is -2.41. The SMILES string of the molecule is COc1ccc(CN2CCO[C@H](CO)[C@H]2c2ccccc2)cc1CN1CCCC1. The second kappa shape index (κ2) is 9.72. The molecule has 29 heavy (non-hydrogen) atoms. The van der Waals surface area contributed by atoms with Crippen LogP contribution in [0.1, 0.15) is 35.6 Å². The molecule has 0 aliphatic carbocycles. The first-order chi connectivity index (χ1) is 14.3. The normalized spacial score (nSPS) is 23.4. The predicted octanol–water partition coefficient (Wildman–Crippen LogP) is 3.23. The highest BCUT2D eigenvalue weighted by Gasteiger charge is 2.33. The van der Waals surface area contributed by atoms with Crippen molar-refractivity contribution >= 4 is 0 Å². The molecule has 2 saturated heterocycles. The van der Waals surface area contributed by atoms with Crippen molar-refractivity contribution in [3.05, 3.63) is 65.2 Å². The van der Waals surface area contributed by atoms with Gasteiger partial charge in [-0.3, -0.25) is 9.80 Å². The lowest BCUT2D eigenvalue weighted by atomic mass is 9.97. The number of aliphatic hydroxyl groups is 1. The Balaban J connectivity index is 1.56. The standard InChI is InChI=1S/C24H32N2O3/c1-28-22-10-9-19(15-21(22)17-25-11-5-6-12-25)16-26-13-14-29-23(18-27)24(26)20-7-3-2-4-8-20/h2-4,7-10,15,23-24,27H,5-6,11-14,16-18H2,1H3/t23-,24-/m1/s1. The highest BCUT2D eigenvalue weighted by atomic mass is 16.5. The fraction of sp³-hybridized carbons (Fsp3) is 0.500. The summed E-state index contributed by atoms with van der Waals surface area (Å²) in [6.07, 6.45) is 2.38. The van der Waals surface area contributed by atoms with E-state index in [1.807, 2.05) is 6.07 Å². The molecule has 156 valence electrons. The Kier molecular flexibility index (Phi) is 6.82. The van der Waals surface area contributed by atoms with E-state index in [2.05, 4.69) is 52.3 Å². The van der Waals surface area contributed by atoms with Gasteiger partial charge in [-0.25, -0.2) is 0 Å². The summed E-state index contributed by atoms with van der Waals surface area (Å²) < 4.78 is 11.5. The Morgan fingerprint density at radius 3 is 2.55 bits per heavy atom. The lowest BCUT2D eigenvalue weighted by Crippen LogP contribution is -2.46. The fourth-order valence-electron chi connectivity index (χ4n) is 4.66. The third-order valence-corrected chi connectivity index (χ3v) is 6.10. The summed E-state index contributed by atoms with van der Waals surface area (Å²) in [6.45, 7) is 5.64. The number of nitrogens with zero attached hydrogens (tertiary/aromatic N) is 2. The van der Waals surface area contributed by atoms with Crippen LogP contribution in [0.2, 0.25) is 0 Å². The predicted molar refractivity (Wildman–Crippen MR) is 114 cm³/mol. The van der Waals surface area contributed by atoms with Crippen molar-refractivity contribution in [2.24, 2.45) is 0 Å². The zero-order valence-corrected chi connectivity index (χ0v) is 17.3. The van der Waals surface area contributed by atoms with Gasteiger partial charge in [0.2, 0.25) is 0 Å². The summed E-state index contributed by atoms with van der Waals surface area (Å²) in [6, 6.07) is 17.0. The number of benzene rings is 2. The molecule has 0 aromatic heterocycles. The molecule has 0 saturated carbocycles. The molecule has 5 nitrogen and oxygen atoms in total. The number of hydrogen-bond acceptors (Lipinski definition) is 5. The molecular formula is C24H32N2O3. The highest BCUT2D eigenvalue weighted by Crippen LogP contribution is 2.32. The third kappa shape index (κ3) is 4.81. The van der Waals surface area contributed by atoms with Gasteiger partial charge in [-0.1, -0.05) is 36.4 Å². The Morgan fingerprint density at radius 2 is 1.83 bits per heavy atom. The molecule has 2 fully saturated rings. The molecule has 2 aromatic carbocycles. The summed E-state index contributed by atoms with van der Waals surface area (Å²) >= 11 is 0. The molecule has 4 rings (SSSR count). The van der Waals surface area contributed by atoms with Crippen LogP contribution in [0, 0.1) is 0 Å². The highest BCUT2D eigenvalue weighted by molar-refractivity contribution is 5.37. The monoisotopic (exact) mass is 396 g/mol. The smallest absolute Gasteiger partial charge is 0.123 e. The maximum atomic E-state index is 9.90. The van der Waals surface area contributed by atoms with Gasteiger partial charge in [0, 0.05) is 25.2 Å². The number of methoxy groups -OCH3 is 1. The second-order valence-electron chi connectivity index (χ2n) is 8.05. The van der Waals surface area contributed by atoms with E-state index < -0.39 is 0 Å². The summed E-state index contributed by atoms with van der Waals surface area (Å²) in [7, 11) is 1.75. The minimum atomic E-state index is -0.200. The van der Waals surface area contributed by atoms with Gasteiger partial charge in [0.15, 0.2) is 0 Å². The van der Waals surface area contributed by atoms with E-state index in [4.69, 9.17) is 9.47 Å². The van der Waals surface area contributed by atoms with Gasteiger partial charge >= 0.3 is 0 Å². The number of hydrogen-bond donors (Lipinski definition) is 1. The zero-order valence-electron chi connectivity index (χ0n) is 17.3. The molecule has 1 N–H and O–H groups in total. The Labute approximate surface area is 173 Å². The number of ether oxygens (including phenoxy) is 2. The first kappa shape index (κ1) is 20.4. The van der Waals surface area contributed by atoms with Crippen molar-refractivity contribution < 1.29 is 14.6 Å². The summed E-state index contributed by atoms with van der Waals surface area (Å²) in [5.41, 5.74) is 3.73. The van der Waals surface area contributed by atoms with E-state index in [0.717, 1.165) is 25.4 Å². The molecule has 2 aliphatic heterocycles. The third-order valence-electron chi connectivity index (χ3n) is 6.10.